The van der Waals surface area contributed by atoms with Crippen molar-refractivity contribution in [2.75, 3.05) is 13.7 Å². The van der Waals surface area contributed by atoms with E-state index in [0.717, 1.165) is 0 Å². The second-order valence-electron chi connectivity index (χ2n) is 5.26. The number of hydrogen-bond acceptors (Lipinski definition) is 4. The van der Waals surface area contributed by atoms with E-state index in [1.807, 2.05) is 13.8 Å². The quantitative estimate of drug-likeness (QED) is 0.737. The van der Waals surface area contributed by atoms with Gasteiger partial charge in [-0.25, -0.2) is 4.79 Å². The summed E-state index contributed by atoms with van der Waals surface area (Å²) >= 11 is 0. The highest BCUT2D eigenvalue weighted by Crippen LogP contribution is 2.12. The van der Waals surface area contributed by atoms with Crippen molar-refractivity contribution < 1.29 is 19.1 Å². The Morgan fingerprint density at radius 3 is 2.12 bits per heavy atom. The van der Waals surface area contributed by atoms with Gasteiger partial charge in [-0.2, -0.15) is 0 Å². The van der Waals surface area contributed by atoms with E-state index < -0.39 is 17.6 Å². The minimum absolute atomic E-state index is 0.0364. The van der Waals surface area contributed by atoms with Gasteiger partial charge < -0.3 is 14.8 Å². The van der Waals surface area contributed by atoms with Crippen molar-refractivity contribution >= 4 is 11.9 Å². The molecular weight excluding hydrogens is 222 g/mol. The van der Waals surface area contributed by atoms with Crippen LogP contribution in [0.3, 0.4) is 0 Å². The Labute approximate surface area is 103 Å². The van der Waals surface area contributed by atoms with E-state index in [2.05, 4.69) is 5.32 Å². The summed E-state index contributed by atoms with van der Waals surface area (Å²) in [5, 5.41) is 2.60. The lowest BCUT2D eigenvalue weighted by Crippen LogP contribution is -2.48. The highest BCUT2D eigenvalue weighted by molar-refractivity contribution is 5.85. The first-order valence-electron chi connectivity index (χ1n) is 5.68. The van der Waals surface area contributed by atoms with Crippen LogP contribution in [0.15, 0.2) is 0 Å². The smallest absolute Gasteiger partial charge is 0.329 e. The van der Waals surface area contributed by atoms with Crippen molar-refractivity contribution in [3.05, 3.63) is 0 Å². The van der Waals surface area contributed by atoms with Gasteiger partial charge in [0.05, 0.1) is 0 Å². The van der Waals surface area contributed by atoms with Gasteiger partial charge in [0.15, 0.2) is 0 Å². The Hall–Kier alpha value is -1.10. The number of rotatable bonds is 5. The summed E-state index contributed by atoms with van der Waals surface area (Å²) in [5.41, 5.74) is -0.559. The van der Waals surface area contributed by atoms with E-state index in [-0.39, 0.29) is 18.4 Å². The molecule has 0 saturated heterocycles. The molecular formula is C12H23NO4. The number of carbonyl (C=O) groups excluding carboxylic acids is 2. The van der Waals surface area contributed by atoms with E-state index in [1.165, 1.54) is 7.11 Å². The topological polar surface area (TPSA) is 64.6 Å². The molecule has 5 heteroatoms. The summed E-state index contributed by atoms with van der Waals surface area (Å²) in [6.45, 7) is 9.01. The number of esters is 1. The zero-order valence-corrected chi connectivity index (χ0v) is 11.5. The van der Waals surface area contributed by atoms with E-state index in [1.54, 1.807) is 20.8 Å². The summed E-state index contributed by atoms with van der Waals surface area (Å²) in [4.78, 5) is 23.2. The SMILES string of the molecule is COCC(=O)N[C@@H](C(=O)OC(C)(C)C)C(C)C. The Morgan fingerprint density at radius 1 is 1.24 bits per heavy atom. The molecule has 1 N–H and O–H groups in total. The van der Waals surface area contributed by atoms with Crippen LogP contribution in [0.1, 0.15) is 34.6 Å². The largest absolute Gasteiger partial charge is 0.458 e. The fraction of sp³-hybridized carbons (Fsp3) is 0.833. The number of carbonyl (C=O) groups is 2. The van der Waals surface area contributed by atoms with Crippen LogP contribution in [0.2, 0.25) is 0 Å². The third-order valence-corrected chi connectivity index (χ3v) is 1.92. The summed E-state index contributed by atoms with van der Waals surface area (Å²) in [6.07, 6.45) is 0. The van der Waals surface area contributed by atoms with Gasteiger partial charge in [-0.05, 0) is 26.7 Å². The van der Waals surface area contributed by atoms with Gasteiger partial charge in [0.1, 0.15) is 18.2 Å². The van der Waals surface area contributed by atoms with Gasteiger partial charge in [0.2, 0.25) is 5.91 Å². The van der Waals surface area contributed by atoms with E-state index in [4.69, 9.17) is 9.47 Å². The van der Waals surface area contributed by atoms with Gasteiger partial charge in [-0.3, -0.25) is 4.79 Å². The lowest BCUT2D eigenvalue weighted by atomic mass is 10.0. The summed E-state index contributed by atoms with van der Waals surface area (Å²) in [7, 11) is 1.43. The molecule has 0 saturated carbocycles. The highest BCUT2D eigenvalue weighted by atomic mass is 16.6. The fourth-order valence-corrected chi connectivity index (χ4v) is 1.21. The summed E-state index contributed by atoms with van der Waals surface area (Å²) in [5.74, 6) is -0.778. The van der Waals surface area contributed by atoms with Gasteiger partial charge >= 0.3 is 5.97 Å². The maximum atomic E-state index is 11.9. The van der Waals surface area contributed by atoms with E-state index in [9.17, 15) is 9.59 Å². The lowest BCUT2D eigenvalue weighted by molar-refractivity contribution is -0.160. The molecule has 0 aromatic heterocycles. The third-order valence-electron chi connectivity index (χ3n) is 1.92. The molecule has 0 aliphatic heterocycles. The van der Waals surface area contributed by atoms with Crippen LogP contribution in [0.4, 0.5) is 0 Å². The number of amides is 1. The highest BCUT2D eigenvalue weighted by Gasteiger charge is 2.28. The Bertz CT molecular complexity index is 268. The monoisotopic (exact) mass is 245 g/mol. The van der Waals surface area contributed by atoms with Crippen LogP contribution in [-0.2, 0) is 19.1 Å². The second-order valence-corrected chi connectivity index (χ2v) is 5.26. The molecule has 1 atom stereocenters. The summed E-state index contributed by atoms with van der Waals surface area (Å²) < 4.78 is 9.95. The van der Waals surface area contributed by atoms with Crippen molar-refractivity contribution in [1.82, 2.24) is 5.32 Å². The van der Waals surface area contributed by atoms with Crippen LogP contribution in [-0.4, -0.2) is 37.2 Å². The Kier molecular flexibility index (Phi) is 6.16. The molecule has 100 valence electrons. The van der Waals surface area contributed by atoms with Crippen molar-refractivity contribution in [1.29, 1.82) is 0 Å². The van der Waals surface area contributed by atoms with Crippen LogP contribution in [0.25, 0.3) is 0 Å². The van der Waals surface area contributed by atoms with Crippen molar-refractivity contribution in [2.24, 2.45) is 5.92 Å². The predicted molar refractivity (Wildman–Crippen MR) is 64.5 cm³/mol. The Morgan fingerprint density at radius 2 is 1.76 bits per heavy atom. The molecule has 17 heavy (non-hydrogen) atoms. The minimum atomic E-state index is -0.642. The molecule has 0 aliphatic carbocycles. The van der Waals surface area contributed by atoms with Crippen LogP contribution in [0.5, 0.6) is 0 Å². The molecule has 0 aromatic carbocycles. The Balaban J connectivity index is 4.53. The average molecular weight is 245 g/mol. The molecule has 0 spiro atoms. The average Bonchev–Trinajstić information content (AvgIpc) is 2.11. The number of nitrogens with one attached hydrogen (secondary N) is 1. The molecule has 0 unspecified atom stereocenters. The zero-order chi connectivity index (χ0) is 13.6. The van der Waals surface area contributed by atoms with Crippen molar-refractivity contribution in [2.45, 2.75) is 46.3 Å². The predicted octanol–water partition coefficient (Wildman–Crippen LogP) is 1.12. The van der Waals surface area contributed by atoms with Gasteiger partial charge in [0, 0.05) is 7.11 Å². The molecule has 0 aromatic rings. The lowest BCUT2D eigenvalue weighted by Gasteiger charge is -2.26. The molecule has 0 bridgehead atoms. The van der Waals surface area contributed by atoms with E-state index >= 15 is 0 Å². The minimum Gasteiger partial charge on any atom is -0.458 e. The van der Waals surface area contributed by atoms with Crippen molar-refractivity contribution in [3.8, 4) is 0 Å². The number of ether oxygens (including phenoxy) is 2. The van der Waals surface area contributed by atoms with Gasteiger partial charge in [-0.15, -0.1) is 0 Å². The first kappa shape index (κ1) is 15.9. The van der Waals surface area contributed by atoms with Crippen LogP contribution in [0, 0.1) is 5.92 Å². The molecule has 0 aliphatic rings. The molecule has 1 amide bonds. The molecule has 5 nitrogen and oxygen atoms in total. The third kappa shape index (κ3) is 6.94. The maximum absolute atomic E-state index is 11.9. The van der Waals surface area contributed by atoms with Crippen molar-refractivity contribution in [3.63, 3.8) is 0 Å². The molecule has 0 fully saturated rings. The summed E-state index contributed by atoms with van der Waals surface area (Å²) in [6, 6.07) is -0.642. The van der Waals surface area contributed by atoms with Crippen LogP contribution >= 0.6 is 0 Å². The van der Waals surface area contributed by atoms with E-state index in [0.29, 0.717) is 0 Å². The number of hydrogen-bond donors (Lipinski definition) is 1. The first-order chi connectivity index (χ1) is 7.67. The zero-order valence-electron chi connectivity index (χ0n) is 11.5. The molecule has 0 heterocycles. The molecule has 0 radical (unpaired) electrons. The van der Waals surface area contributed by atoms with Gasteiger partial charge in [0.25, 0.3) is 0 Å². The normalized spacial score (nSPS) is 13.4. The van der Waals surface area contributed by atoms with Crippen LogP contribution < -0.4 is 5.32 Å². The molecule has 0 rings (SSSR count). The maximum Gasteiger partial charge on any atom is 0.329 e. The second kappa shape index (κ2) is 6.59. The number of methoxy groups -OCH3 is 1. The standard InChI is InChI=1S/C12H23NO4/c1-8(2)10(13-9(14)7-16-6)11(15)17-12(3,4)5/h8,10H,7H2,1-6H3,(H,13,14)/t10-/m1/s1. The van der Waals surface area contributed by atoms with Gasteiger partial charge in [-0.1, -0.05) is 13.8 Å². The first-order valence-corrected chi connectivity index (χ1v) is 5.68. The fourth-order valence-electron chi connectivity index (χ4n) is 1.21.